The Morgan fingerprint density at radius 1 is 0.966 bits per heavy atom. The predicted molar refractivity (Wildman–Crippen MR) is 111 cm³/mol. The maximum Gasteiger partial charge on any atom is 0.245 e. The average molecular weight is 402 g/mol. The van der Waals surface area contributed by atoms with Gasteiger partial charge in [-0.2, -0.15) is 0 Å². The van der Waals surface area contributed by atoms with Crippen LogP contribution in [0.3, 0.4) is 0 Å². The molecule has 3 saturated heterocycles. The van der Waals surface area contributed by atoms with Crippen molar-refractivity contribution in [2.24, 2.45) is 17.8 Å². The van der Waals surface area contributed by atoms with Crippen molar-refractivity contribution in [2.75, 3.05) is 26.2 Å². The predicted octanol–water partition coefficient (Wildman–Crippen LogP) is 2.44. The molecule has 3 unspecified atom stereocenters. The van der Waals surface area contributed by atoms with Crippen LogP contribution in [0.15, 0.2) is 12.2 Å². The molecular formula is C23H35N3O3. The highest BCUT2D eigenvalue weighted by molar-refractivity contribution is 6.08. The molecule has 0 aromatic heterocycles. The van der Waals surface area contributed by atoms with Gasteiger partial charge in [-0.05, 0) is 64.0 Å². The van der Waals surface area contributed by atoms with Gasteiger partial charge in [-0.15, -0.1) is 0 Å². The molecule has 3 heterocycles. The number of allylic oxidation sites excluding steroid dienone is 2. The minimum atomic E-state index is -0.635. The zero-order valence-corrected chi connectivity index (χ0v) is 17.9. The molecule has 6 nitrogen and oxygen atoms in total. The van der Waals surface area contributed by atoms with E-state index in [9.17, 15) is 14.4 Å². The van der Waals surface area contributed by atoms with Crippen LogP contribution in [0.4, 0.5) is 0 Å². The van der Waals surface area contributed by atoms with Crippen molar-refractivity contribution in [3.8, 4) is 0 Å². The summed E-state index contributed by atoms with van der Waals surface area (Å²) in [5.41, 5.74) is 0. The Balaban J connectivity index is 1.46. The fourth-order valence-electron chi connectivity index (χ4n) is 5.67. The largest absolute Gasteiger partial charge is 0.341 e. The first-order valence-corrected chi connectivity index (χ1v) is 11.5. The Hall–Kier alpha value is -1.69. The number of imide groups is 1. The number of carbonyl (C=O) groups excluding carboxylic acids is 3. The van der Waals surface area contributed by atoms with Crippen molar-refractivity contribution < 1.29 is 14.4 Å². The zero-order chi connectivity index (χ0) is 20.5. The van der Waals surface area contributed by atoms with Crippen LogP contribution in [0.2, 0.25) is 0 Å². The number of piperidine rings is 1. The molecule has 29 heavy (non-hydrogen) atoms. The highest BCUT2D eigenvalue weighted by Gasteiger charge is 2.51. The summed E-state index contributed by atoms with van der Waals surface area (Å²) in [6.07, 6.45) is 10.4. The Bertz CT molecular complexity index is 649. The number of likely N-dealkylation sites (tertiary alicyclic amines) is 3. The zero-order valence-electron chi connectivity index (χ0n) is 17.9. The number of rotatable bonds is 5. The van der Waals surface area contributed by atoms with Crippen molar-refractivity contribution in [3.05, 3.63) is 12.2 Å². The molecule has 3 fully saturated rings. The molecule has 0 saturated carbocycles. The summed E-state index contributed by atoms with van der Waals surface area (Å²) in [5, 5.41) is 0. The van der Waals surface area contributed by atoms with Crippen molar-refractivity contribution in [3.63, 3.8) is 0 Å². The Kier molecular flexibility index (Phi) is 6.09. The van der Waals surface area contributed by atoms with Crippen LogP contribution in [0.5, 0.6) is 0 Å². The lowest BCUT2D eigenvalue weighted by Crippen LogP contribution is -2.54. The topological polar surface area (TPSA) is 60.9 Å². The van der Waals surface area contributed by atoms with E-state index in [0.717, 1.165) is 25.9 Å². The summed E-state index contributed by atoms with van der Waals surface area (Å²) in [5.74, 6) is -0.573. The quantitative estimate of drug-likeness (QED) is 0.524. The van der Waals surface area contributed by atoms with Crippen molar-refractivity contribution in [1.82, 2.24) is 14.7 Å². The first-order valence-electron chi connectivity index (χ1n) is 11.5. The Morgan fingerprint density at radius 3 is 2.03 bits per heavy atom. The van der Waals surface area contributed by atoms with Crippen LogP contribution in [0.25, 0.3) is 0 Å². The van der Waals surface area contributed by atoms with Gasteiger partial charge in [0.05, 0.1) is 11.8 Å². The summed E-state index contributed by atoms with van der Waals surface area (Å²) in [6.45, 7) is 7.95. The van der Waals surface area contributed by atoms with Crippen LogP contribution in [0.1, 0.15) is 58.8 Å². The maximum absolute atomic E-state index is 13.5. The van der Waals surface area contributed by atoms with Crippen molar-refractivity contribution in [2.45, 2.75) is 70.9 Å². The van der Waals surface area contributed by atoms with Crippen LogP contribution >= 0.6 is 0 Å². The fraction of sp³-hybridized carbons (Fsp3) is 0.783. The molecule has 4 aliphatic rings. The molecule has 0 spiro atoms. The van der Waals surface area contributed by atoms with E-state index in [4.69, 9.17) is 0 Å². The molecule has 3 atom stereocenters. The number of carbonyl (C=O) groups is 3. The summed E-state index contributed by atoms with van der Waals surface area (Å²) in [4.78, 5) is 45.5. The number of amides is 3. The Labute approximate surface area is 174 Å². The second-order valence-corrected chi connectivity index (χ2v) is 9.65. The standard InChI is InChI=1S/C23H35N3O3/c1-16(2)15-20(26-21(27)18-7-3-4-8-19(18)22(26)28)23(29)25-13-9-17(10-14-25)24-11-5-6-12-24/h3-4,16-20H,5-15H2,1-2H3. The van der Waals surface area contributed by atoms with Crippen LogP contribution in [-0.4, -0.2) is 70.7 Å². The second kappa shape index (κ2) is 8.58. The molecule has 0 N–H and O–H groups in total. The molecule has 0 radical (unpaired) electrons. The number of fused-ring (bicyclic) bond motifs is 1. The van der Waals surface area contributed by atoms with Crippen LogP contribution in [0, 0.1) is 17.8 Å². The van der Waals surface area contributed by atoms with E-state index in [0.29, 0.717) is 25.3 Å². The lowest BCUT2D eigenvalue weighted by atomic mass is 9.85. The normalized spacial score (nSPS) is 29.8. The average Bonchev–Trinajstić information content (AvgIpc) is 3.34. The molecule has 3 amide bonds. The highest BCUT2D eigenvalue weighted by atomic mass is 16.2. The van der Waals surface area contributed by atoms with Gasteiger partial charge in [0.1, 0.15) is 6.04 Å². The molecular weight excluding hydrogens is 366 g/mol. The molecule has 1 aliphatic carbocycles. The van der Waals surface area contributed by atoms with Gasteiger partial charge in [-0.1, -0.05) is 26.0 Å². The first-order chi connectivity index (χ1) is 14.0. The summed E-state index contributed by atoms with van der Waals surface area (Å²) < 4.78 is 0. The molecule has 0 aromatic rings. The highest BCUT2D eigenvalue weighted by Crippen LogP contribution is 2.37. The summed E-state index contributed by atoms with van der Waals surface area (Å²) in [7, 11) is 0. The van der Waals surface area contributed by atoms with Crippen LogP contribution in [-0.2, 0) is 14.4 Å². The van der Waals surface area contributed by atoms with E-state index in [1.54, 1.807) is 0 Å². The minimum absolute atomic E-state index is 0.0214. The number of nitrogens with zero attached hydrogens (tertiary/aromatic N) is 3. The third kappa shape index (κ3) is 4.00. The lowest BCUT2D eigenvalue weighted by Gasteiger charge is -2.39. The maximum atomic E-state index is 13.5. The van der Waals surface area contributed by atoms with E-state index < -0.39 is 6.04 Å². The molecule has 0 aromatic carbocycles. The molecule has 4 rings (SSSR count). The molecule has 3 aliphatic heterocycles. The van der Waals surface area contributed by atoms with Gasteiger partial charge in [0.25, 0.3) is 0 Å². The van der Waals surface area contributed by atoms with E-state index in [1.807, 2.05) is 17.1 Å². The minimum Gasteiger partial charge on any atom is -0.341 e. The van der Waals surface area contributed by atoms with E-state index in [1.165, 1.54) is 30.8 Å². The monoisotopic (exact) mass is 401 g/mol. The van der Waals surface area contributed by atoms with E-state index in [-0.39, 0.29) is 35.5 Å². The second-order valence-electron chi connectivity index (χ2n) is 9.65. The van der Waals surface area contributed by atoms with E-state index >= 15 is 0 Å². The smallest absolute Gasteiger partial charge is 0.245 e. The van der Waals surface area contributed by atoms with E-state index in [2.05, 4.69) is 18.7 Å². The summed E-state index contributed by atoms with van der Waals surface area (Å²) in [6, 6.07) is -0.0574. The first kappa shape index (κ1) is 20.6. The Morgan fingerprint density at radius 2 is 1.52 bits per heavy atom. The molecule has 0 bridgehead atoms. The third-order valence-electron chi connectivity index (χ3n) is 7.27. The van der Waals surface area contributed by atoms with Gasteiger partial charge in [0, 0.05) is 19.1 Å². The molecule has 160 valence electrons. The third-order valence-corrected chi connectivity index (χ3v) is 7.27. The fourth-order valence-corrected chi connectivity index (χ4v) is 5.67. The number of hydrogen-bond acceptors (Lipinski definition) is 4. The van der Waals surface area contributed by atoms with Gasteiger partial charge in [-0.3, -0.25) is 19.3 Å². The molecule has 6 heteroatoms. The lowest BCUT2D eigenvalue weighted by molar-refractivity contribution is -0.153. The van der Waals surface area contributed by atoms with Gasteiger partial charge in [0.15, 0.2) is 0 Å². The van der Waals surface area contributed by atoms with Crippen molar-refractivity contribution in [1.29, 1.82) is 0 Å². The SMILES string of the molecule is CC(C)CC(C(=O)N1CCC(N2CCCC2)CC1)N1C(=O)C2CC=CCC2C1=O. The van der Waals surface area contributed by atoms with Gasteiger partial charge < -0.3 is 9.80 Å². The van der Waals surface area contributed by atoms with Crippen LogP contribution < -0.4 is 0 Å². The summed E-state index contributed by atoms with van der Waals surface area (Å²) >= 11 is 0. The van der Waals surface area contributed by atoms with Gasteiger partial charge in [0.2, 0.25) is 17.7 Å². The van der Waals surface area contributed by atoms with Crippen molar-refractivity contribution >= 4 is 17.7 Å². The van der Waals surface area contributed by atoms with Gasteiger partial charge in [-0.25, -0.2) is 0 Å². The van der Waals surface area contributed by atoms with Gasteiger partial charge >= 0.3 is 0 Å². The number of hydrogen-bond donors (Lipinski definition) is 0.